The first kappa shape index (κ1) is 12.2. The van der Waals surface area contributed by atoms with E-state index in [-0.39, 0.29) is 0 Å². The lowest BCUT2D eigenvalue weighted by Gasteiger charge is -2.06. The van der Waals surface area contributed by atoms with Crippen LogP contribution in [0.15, 0.2) is 60.8 Å². The topological polar surface area (TPSA) is 17.8 Å². The van der Waals surface area contributed by atoms with Gasteiger partial charge >= 0.3 is 0 Å². The largest absolute Gasteiger partial charge is 0.294 e. The van der Waals surface area contributed by atoms with E-state index in [1.807, 2.05) is 18.3 Å². The maximum atomic E-state index is 4.54. The molecule has 0 aliphatic rings. The fraction of sp³-hybridized carbons (Fsp3) is 0.105. The van der Waals surface area contributed by atoms with Crippen LogP contribution in [-0.4, -0.2) is 9.55 Å². The van der Waals surface area contributed by atoms with E-state index in [0.717, 1.165) is 5.82 Å². The first-order chi connectivity index (χ1) is 10.2. The van der Waals surface area contributed by atoms with Crippen molar-refractivity contribution in [2.24, 2.45) is 0 Å². The summed E-state index contributed by atoms with van der Waals surface area (Å²) >= 11 is 0. The van der Waals surface area contributed by atoms with Crippen molar-refractivity contribution >= 4 is 21.8 Å². The van der Waals surface area contributed by atoms with Crippen LogP contribution in [0.1, 0.15) is 11.1 Å². The van der Waals surface area contributed by atoms with Gasteiger partial charge in [-0.1, -0.05) is 30.3 Å². The first-order valence-electron chi connectivity index (χ1n) is 7.17. The van der Waals surface area contributed by atoms with E-state index in [4.69, 9.17) is 0 Å². The van der Waals surface area contributed by atoms with Gasteiger partial charge in [-0.15, -0.1) is 0 Å². The summed E-state index contributed by atoms with van der Waals surface area (Å²) in [5.41, 5.74) is 4.96. The van der Waals surface area contributed by atoms with Crippen LogP contribution in [0.5, 0.6) is 0 Å². The Morgan fingerprint density at radius 3 is 1.90 bits per heavy atom. The molecule has 4 rings (SSSR count). The Kier molecular flexibility index (Phi) is 2.58. The van der Waals surface area contributed by atoms with Gasteiger partial charge in [-0.3, -0.25) is 4.57 Å². The third kappa shape index (κ3) is 1.83. The van der Waals surface area contributed by atoms with Gasteiger partial charge in [-0.2, -0.15) is 0 Å². The third-order valence-electron chi connectivity index (χ3n) is 3.96. The maximum absolute atomic E-state index is 4.54. The SMILES string of the molecule is Cc1ccc2c3ccc(C)cc3n(-c3ccccn3)c2c1. The highest BCUT2D eigenvalue weighted by atomic mass is 15.1. The average Bonchev–Trinajstić information content (AvgIpc) is 2.80. The van der Waals surface area contributed by atoms with Gasteiger partial charge in [0.2, 0.25) is 0 Å². The molecule has 2 nitrogen and oxygen atoms in total. The fourth-order valence-corrected chi connectivity index (χ4v) is 2.97. The van der Waals surface area contributed by atoms with E-state index in [9.17, 15) is 0 Å². The summed E-state index contributed by atoms with van der Waals surface area (Å²) < 4.78 is 2.25. The molecule has 2 aromatic carbocycles. The van der Waals surface area contributed by atoms with Crippen LogP contribution in [0.3, 0.4) is 0 Å². The molecule has 0 fully saturated rings. The minimum Gasteiger partial charge on any atom is -0.294 e. The highest BCUT2D eigenvalue weighted by molar-refractivity contribution is 6.09. The zero-order valence-corrected chi connectivity index (χ0v) is 12.2. The molecule has 4 aromatic rings. The highest BCUT2D eigenvalue weighted by Crippen LogP contribution is 2.32. The molecule has 0 radical (unpaired) electrons. The molecule has 2 heterocycles. The molecule has 2 aromatic heterocycles. The molecule has 0 atom stereocenters. The molecule has 0 N–H and O–H groups in total. The summed E-state index contributed by atoms with van der Waals surface area (Å²) in [6.45, 7) is 4.26. The second-order valence-electron chi connectivity index (χ2n) is 5.56. The normalized spacial score (nSPS) is 11.3. The van der Waals surface area contributed by atoms with Crippen molar-refractivity contribution in [2.45, 2.75) is 13.8 Å². The second-order valence-corrected chi connectivity index (χ2v) is 5.56. The average molecular weight is 272 g/mol. The lowest BCUT2D eigenvalue weighted by Crippen LogP contribution is -1.96. The van der Waals surface area contributed by atoms with Crippen LogP contribution in [0.4, 0.5) is 0 Å². The van der Waals surface area contributed by atoms with Crippen LogP contribution in [-0.2, 0) is 0 Å². The number of hydrogen-bond acceptors (Lipinski definition) is 1. The smallest absolute Gasteiger partial charge is 0.137 e. The standard InChI is InChI=1S/C19H16N2/c1-13-6-8-15-16-9-7-14(2)12-18(16)21(17(15)11-13)19-5-3-4-10-20-19/h3-12H,1-2H3. The zero-order valence-electron chi connectivity index (χ0n) is 12.2. The summed E-state index contributed by atoms with van der Waals surface area (Å²) in [6.07, 6.45) is 1.85. The summed E-state index contributed by atoms with van der Waals surface area (Å²) in [7, 11) is 0. The Morgan fingerprint density at radius 2 is 1.38 bits per heavy atom. The molecule has 0 saturated carbocycles. The van der Waals surface area contributed by atoms with Gasteiger partial charge < -0.3 is 0 Å². The van der Waals surface area contributed by atoms with Gasteiger partial charge in [-0.25, -0.2) is 4.98 Å². The van der Waals surface area contributed by atoms with E-state index in [1.54, 1.807) is 0 Å². The molecule has 0 unspecified atom stereocenters. The lowest BCUT2D eigenvalue weighted by molar-refractivity contribution is 1.08. The van der Waals surface area contributed by atoms with Crippen molar-refractivity contribution in [3.63, 3.8) is 0 Å². The van der Waals surface area contributed by atoms with Crippen molar-refractivity contribution in [3.05, 3.63) is 71.9 Å². The van der Waals surface area contributed by atoms with Crippen LogP contribution in [0.25, 0.3) is 27.6 Å². The Morgan fingerprint density at radius 1 is 0.762 bits per heavy atom. The van der Waals surface area contributed by atoms with Gasteiger partial charge in [0.05, 0.1) is 11.0 Å². The van der Waals surface area contributed by atoms with E-state index >= 15 is 0 Å². The number of rotatable bonds is 1. The number of aromatic nitrogens is 2. The Labute approximate surface area is 123 Å². The molecule has 0 spiro atoms. The van der Waals surface area contributed by atoms with Crippen molar-refractivity contribution < 1.29 is 0 Å². The predicted octanol–water partition coefficient (Wildman–Crippen LogP) is 4.80. The van der Waals surface area contributed by atoms with Crippen molar-refractivity contribution in [1.82, 2.24) is 9.55 Å². The predicted molar refractivity (Wildman–Crippen MR) is 88.1 cm³/mol. The minimum atomic E-state index is 0.966. The van der Waals surface area contributed by atoms with Gasteiger partial charge in [0, 0.05) is 17.0 Å². The number of hydrogen-bond donors (Lipinski definition) is 0. The summed E-state index contributed by atoms with van der Waals surface area (Å²) in [5.74, 6) is 0.966. The van der Waals surface area contributed by atoms with E-state index < -0.39 is 0 Å². The monoisotopic (exact) mass is 272 g/mol. The van der Waals surface area contributed by atoms with Crippen molar-refractivity contribution in [1.29, 1.82) is 0 Å². The summed E-state index contributed by atoms with van der Waals surface area (Å²) in [4.78, 5) is 4.54. The molecule has 0 aliphatic heterocycles. The summed E-state index contributed by atoms with van der Waals surface area (Å²) in [5, 5.41) is 2.56. The van der Waals surface area contributed by atoms with E-state index in [2.05, 4.69) is 65.9 Å². The number of benzene rings is 2. The molecule has 0 bridgehead atoms. The molecular formula is C19H16N2. The van der Waals surface area contributed by atoms with Crippen LogP contribution in [0.2, 0.25) is 0 Å². The van der Waals surface area contributed by atoms with Crippen molar-refractivity contribution in [3.8, 4) is 5.82 Å². The first-order valence-corrected chi connectivity index (χ1v) is 7.17. The lowest BCUT2D eigenvalue weighted by atomic mass is 10.1. The van der Waals surface area contributed by atoms with Crippen molar-refractivity contribution in [2.75, 3.05) is 0 Å². The quantitative estimate of drug-likeness (QED) is 0.487. The van der Waals surface area contributed by atoms with Crippen LogP contribution < -0.4 is 0 Å². The third-order valence-corrected chi connectivity index (χ3v) is 3.96. The van der Waals surface area contributed by atoms with Gasteiger partial charge in [0.25, 0.3) is 0 Å². The molecular weight excluding hydrogens is 256 g/mol. The number of pyridine rings is 1. The maximum Gasteiger partial charge on any atom is 0.137 e. The van der Waals surface area contributed by atoms with Gasteiger partial charge in [0.1, 0.15) is 5.82 Å². The minimum absolute atomic E-state index is 0.966. The van der Waals surface area contributed by atoms with E-state index in [1.165, 1.54) is 32.9 Å². The fourth-order valence-electron chi connectivity index (χ4n) is 2.97. The second kappa shape index (κ2) is 4.45. The number of nitrogens with zero attached hydrogens (tertiary/aromatic N) is 2. The molecule has 0 amide bonds. The Balaban J connectivity index is 2.24. The number of aryl methyl sites for hydroxylation is 2. The Hall–Kier alpha value is -2.61. The Bertz CT molecular complexity index is 890. The number of fused-ring (bicyclic) bond motifs is 3. The zero-order chi connectivity index (χ0) is 14.4. The molecule has 0 saturated heterocycles. The molecule has 102 valence electrons. The van der Waals surface area contributed by atoms with Crippen LogP contribution in [0, 0.1) is 13.8 Å². The van der Waals surface area contributed by atoms with E-state index in [0.29, 0.717) is 0 Å². The molecule has 21 heavy (non-hydrogen) atoms. The summed E-state index contributed by atoms with van der Waals surface area (Å²) in [6, 6.07) is 19.3. The molecule has 2 heteroatoms. The van der Waals surface area contributed by atoms with Gasteiger partial charge in [0.15, 0.2) is 0 Å². The van der Waals surface area contributed by atoms with Crippen LogP contribution >= 0.6 is 0 Å². The highest BCUT2D eigenvalue weighted by Gasteiger charge is 2.12. The van der Waals surface area contributed by atoms with Gasteiger partial charge in [-0.05, 0) is 49.2 Å². The molecule has 0 aliphatic carbocycles.